The molecule has 3 heterocycles. The highest BCUT2D eigenvalue weighted by atomic mass is 16.5. The average molecular weight is 449 g/mol. The molecule has 0 aromatic carbocycles. The Hall–Kier alpha value is -3.23. The second-order valence-electron chi connectivity index (χ2n) is 8.26. The highest BCUT2D eigenvalue weighted by molar-refractivity contribution is 5.87. The molecular weight excluding hydrogens is 416 g/mol. The van der Waals surface area contributed by atoms with Crippen LogP contribution in [-0.2, 0) is 4.74 Å². The van der Waals surface area contributed by atoms with Gasteiger partial charge in [-0.25, -0.2) is 9.50 Å². The third-order valence-electron chi connectivity index (χ3n) is 6.00. The van der Waals surface area contributed by atoms with Crippen LogP contribution in [0.1, 0.15) is 36.9 Å². The molecule has 0 atom stereocenters. The number of aryl methyl sites for hydroxylation is 1. The molecule has 3 aromatic heterocycles. The maximum Gasteiger partial charge on any atom is 0.243 e. The molecule has 4 rings (SSSR count). The number of allylic oxidation sites excluding steroid dienone is 2. The molecule has 3 aromatic rings. The monoisotopic (exact) mass is 448 g/mol. The topological polar surface area (TPSA) is 96.6 Å². The summed E-state index contributed by atoms with van der Waals surface area (Å²) < 4.78 is 7.52. The highest BCUT2D eigenvalue weighted by Crippen LogP contribution is 2.30. The second-order valence-corrected chi connectivity index (χ2v) is 8.26. The minimum Gasteiger partial charge on any atom is -0.394 e. The summed E-state index contributed by atoms with van der Waals surface area (Å²) in [7, 11) is 1.87. The highest BCUT2D eigenvalue weighted by Gasteiger charge is 2.23. The van der Waals surface area contributed by atoms with Gasteiger partial charge in [-0.05, 0) is 56.4 Å². The first-order valence-corrected chi connectivity index (χ1v) is 11.5. The number of aliphatic hydroxyl groups excluding tert-OH is 1. The molecule has 1 aliphatic carbocycles. The SMILES string of the molecule is C=C/C=C\c1nc(-c2ccn3nc(NC4CCC(OCCO)CC4)nc(NC)c23)ccc1C. The maximum atomic E-state index is 8.94. The van der Waals surface area contributed by atoms with E-state index >= 15 is 0 Å². The van der Waals surface area contributed by atoms with Crippen molar-refractivity contribution >= 4 is 23.4 Å². The van der Waals surface area contributed by atoms with Crippen LogP contribution in [0.15, 0.2) is 43.1 Å². The summed E-state index contributed by atoms with van der Waals surface area (Å²) in [5.74, 6) is 1.35. The maximum absolute atomic E-state index is 8.94. The number of rotatable bonds is 9. The molecule has 33 heavy (non-hydrogen) atoms. The predicted molar refractivity (Wildman–Crippen MR) is 132 cm³/mol. The first-order valence-electron chi connectivity index (χ1n) is 11.5. The van der Waals surface area contributed by atoms with Gasteiger partial charge in [0.05, 0.1) is 30.7 Å². The molecule has 0 bridgehead atoms. The fourth-order valence-electron chi connectivity index (χ4n) is 4.27. The number of nitrogens with zero attached hydrogens (tertiary/aromatic N) is 4. The average Bonchev–Trinajstić information content (AvgIpc) is 3.26. The number of aromatic nitrogens is 4. The van der Waals surface area contributed by atoms with Gasteiger partial charge in [-0.2, -0.15) is 4.98 Å². The largest absolute Gasteiger partial charge is 0.394 e. The van der Waals surface area contributed by atoms with Gasteiger partial charge in [-0.1, -0.05) is 24.8 Å². The predicted octanol–water partition coefficient (Wildman–Crippen LogP) is 4.07. The number of fused-ring (bicyclic) bond motifs is 1. The van der Waals surface area contributed by atoms with Crippen molar-refractivity contribution in [2.24, 2.45) is 0 Å². The van der Waals surface area contributed by atoms with Gasteiger partial charge in [-0.3, -0.25) is 0 Å². The molecule has 174 valence electrons. The number of pyridine rings is 1. The fraction of sp³-hybridized carbons (Fsp3) is 0.400. The number of anilines is 2. The Morgan fingerprint density at radius 3 is 2.76 bits per heavy atom. The van der Waals surface area contributed by atoms with Gasteiger partial charge in [0.25, 0.3) is 0 Å². The fourth-order valence-corrected chi connectivity index (χ4v) is 4.27. The molecule has 0 unspecified atom stereocenters. The van der Waals surface area contributed by atoms with Gasteiger partial charge in [0.15, 0.2) is 5.82 Å². The third-order valence-corrected chi connectivity index (χ3v) is 6.00. The van der Waals surface area contributed by atoms with Gasteiger partial charge < -0.3 is 20.5 Å². The van der Waals surface area contributed by atoms with Crippen LogP contribution in [0, 0.1) is 6.92 Å². The number of aliphatic hydroxyl groups is 1. The minimum atomic E-state index is 0.0721. The smallest absolute Gasteiger partial charge is 0.243 e. The van der Waals surface area contributed by atoms with E-state index in [9.17, 15) is 0 Å². The Labute approximate surface area is 194 Å². The van der Waals surface area contributed by atoms with E-state index in [1.807, 2.05) is 49.0 Å². The van der Waals surface area contributed by atoms with E-state index in [-0.39, 0.29) is 12.7 Å². The quantitative estimate of drug-likeness (QED) is 0.425. The van der Waals surface area contributed by atoms with Crippen LogP contribution in [0.3, 0.4) is 0 Å². The Morgan fingerprint density at radius 2 is 2.03 bits per heavy atom. The van der Waals surface area contributed by atoms with E-state index in [1.165, 1.54) is 0 Å². The summed E-state index contributed by atoms with van der Waals surface area (Å²) >= 11 is 0. The van der Waals surface area contributed by atoms with Crippen LogP contribution < -0.4 is 10.6 Å². The van der Waals surface area contributed by atoms with Gasteiger partial charge in [0.2, 0.25) is 5.95 Å². The zero-order chi connectivity index (χ0) is 23.2. The van der Waals surface area contributed by atoms with Crippen molar-refractivity contribution in [3.05, 3.63) is 54.4 Å². The van der Waals surface area contributed by atoms with E-state index in [1.54, 1.807) is 6.08 Å². The summed E-state index contributed by atoms with van der Waals surface area (Å²) in [6.07, 6.45) is 11.7. The van der Waals surface area contributed by atoms with Crippen LogP contribution in [0.2, 0.25) is 0 Å². The summed E-state index contributed by atoms with van der Waals surface area (Å²) in [4.78, 5) is 9.60. The summed E-state index contributed by atoms with van der Waals surface area (Å²) in [5.41, 5.74) is 4.75. The van der Waals surface area contributed by atoms with Crippen molar-refractivity contribution in [1.82, 2.24) is 19.6 Å². The van der Waals surface area contributed by atoms with Gasteiger partial charge in [0.1, 0.15) is 5.52 Å². The van der Waals surface area contributed by atoms with Crippen LogP contribution >= 0.6 is 0 Å². The van der Waals surface area contributed by atoms with Crippen LogP contribution in [0.5, 0.6) is 0 Å². The minimum absolute atomic E-state index is 0.0721. The third kappa shape index (κ3) is 5.23. The van der Waals surface area contributed by atoms with Crippen molar-refractivity contribution < 1.29 is 9.84 Å². The van der Waals surface area contributed by atoms with Crippen molar-refractivity contribution in [2.75, 3.05) is 30.9 Å². The van der Waals surface area contributed by atoms with Gasteiger partial charge >= 0.3 is 0 Å². The van der Waals surface area contributed by atoms with Gasteiger partial charge in [0, 0.05) is 24.8 Å². The molecule has 0 aliphatic heterocycles. The Morgan fingerprint density at radius 1 is 1.21 bits per heavy atom. The van der Waals surface area contributed by atoms with E-state index in [4.69, 9.17) is 24.9 Å². The van der Waals surface area contributed by atoms with E-state index < -0.39 is 0 Å². The Bertz CT molecular complexity index is 1130. The Balaban J connectivity index is 1.57. The van der Waals surface area contributed by atoms with Crippen LogP contribution in [0.25, 0.3) is 22.9 Å². The molecule has 0 radical (unpaired) electrons. The van der Waals surface area contributed by atoms with Crippen LogP contribution in [-0.4, -0.2) is 57.1 Å². The summed E-state index contributed by atoms with van der Waals surface area (Å²) in [5, 5.41) is 20.4. The molecule has 0 spiro atoms. The number of nitrogens with one attached hydrogen (secondary N) is 2. The van der Waals surface area contributed by atoms with Crippen molar-refractivity contribution in [3.63, 3.8) is 0 Å². The molecule has 8 heteroatoms. The van der Waals surface area contributed by atoms with Crippen molar-refractivity contribution in [1.29, 1.82) is 0 Å². The first kappa shape index (κ1) is 22.9. The first-order chi connectivity index (χ1) is 16.1. The zero-order valence-electron chi connectivity index (χ0n) is 19.3. The van der Waals surface area contributed by atoms with E-state index in [2.05, 4.69) is 23.3 Å². The molecule has 0 amide bonds. The lowest BCUT2D eigenvalue weighted by Crippen LogP contribution is -2.31. The summed E-state index contributed by atoms with van der Waals surface area (Å²) in [6.45, 7) is 6.27. The molecule has 1 saturated carbocycles. The lowest BCUT2D eigenvalue weighted by Gasteiger charge is -2.29. The standard InChI is InChI=1S/C25H32N6O2/c1-4-5-6-21-17(2)7-12-22(28-21)20-13-14-31-23(20)24(26-3)29-25(30-31)27-18-8-10-19(11-9-18)33-16-15-32/h4-7,12-14,18-19,32H,1,8-11,15-16H2,2-3H3,(H2,26,27,29,30)/b6-5-. The summed E-state index contributed by atoms with van der Waals surface area (Å²) in [6, 6.07) is 6.43. The lowest BCUT2D eigenvalue weighted by molar-refractivity contribution is 0.00719. The molecule has 1 fully saturated rings. The van der Waals surface area contributed by atoms with Crippen LogP contribution in [0.4, 0.5) is 11.8 Å². The van der Waals surface area contributed by atoms with Crippen molar-refractivity contribution in [2.45, 2.75) is 44.8 Å². The van der Waals surface area contributed by atoms with E-state index in [0.29, 0.717) is 18.6 Å². The van der Waals surface area contributed by atoms with E-state index in [0.717, 1.165) is 59.5 Å². The molecule has 1 aliphatic rings. The number of ether oxygens (including phenoxy) is 1. The van der Waals surface area contributed by atoms with Gasteiger partial charge in [-0.15, -0.1) is 5.10 Å². The molecule has 0 saturated heterocycles. The van der Waals surface area contributed by atoms with Crippen molar-refractivity contribution in [3.8, 4) is 11.3 Å². The molecule has 3 N–H and O–H groups in total. The second kappa shape index (κ2) is 10.6. The number of hydrogen-bond acceptors (Lipinski definition) is 7. The molecule has 8 nitrogen and oxygen atoms in total. The normalized spacial score (nSPS) is 18.6. The zero-order valence-corrected chi connectivity index (χ0v) is 19.3. The lowest BCUT2D eigenvalue weighted by atomic mass is 9.93. The Kier molecular flexibility index (Phi) is 7.36. The molecular formula is C25H32N6O2. The number of hydrogen-bond donors (Lipinski definition) is 3.